The van der Waals surface area contributed by atoms with Gasteiger partial charge in [0.05, 0.1) is 0 Å². The summed E-state index contributed by atoms with van der Waals surface area (Å²) in [5.74, 6) is 0. The van der Waals surface area contributed by atoms with Gasteiger partial charge in [-0.1, -0.05) is 49.6 Å². The predicted octanol–water partition coefficient (Wildman–Crippen LogP) is 4.05. The first-order valence-corrected chi connectivity index (χ1v) is 6.88. The van der Waals surface area contributed by atoms with Crippen LogP contribution in [0.5, 0.6) is 0 Å². The molecule has 0 atom stereocenters. The number of carbonyl (C=O) groups excluding carboxylic acids is 2. The number of nitrogens with zero attached hydrogens (tertiary/aromatic N) is 1. The van der Waals surface area contributed by atoms with E-state index in [1.54, 1.807) is 12.1 Å². The molecule has 4 nitrogen and oxygen atoms in total. The average Bonchev–Trinajstić information content (AvgIpc) is 2.47. The van der Waals surface area contributed by atoms with Gasteiger partial charge in [0.25, 0.3) is 0 Å². The maximum atomic E-state index is 13.1. The topological polar surface area (TPSA) is 46.6 Å². The molecule has 0 aromatic heterocycles. The van der Waals surface area contributed by atoms with Gasteiger partial charge in [-0.05, 0) is 18.4 Å². The first-order chi connectivity index (χ1) is 9.68. The summed E-state index contributed by atoms with van der Waals surface area (Å²) in [5.41, 5.74) is 0.802. The highest BCUT2D eigenvalue weighted by molar-refractivity contribution is 5.87. The van der Waals surface area contributed by atoms with Gasteiger partial charge in [0, 0.05) is 6.04 Å². The molecule has 0 heterocycles. The highest BCUT2D eigenvalue weighted by Crippen LogP contribution is 2.24. The average molecular weight is 279 g/mol. The van der Waals surface area contributed by atoms with Gasteiger partial charge in [-0.25, -0.2) is 14.5 Å². The van der Waals surface area contributed by atoms with Crippen molar-refractivity contribution in [1.29, 1.82) is 0 Å². The van der Waals surface area contributed by atoms with Crippen LogP contribution < -0.4 is 0 Å². The van der Waals surface area contributed by atoms with E-state index in [1.807, 2.05) is 18.2 Å². The summed E-state index contributed by atoms with van der Waals surface area (Å²) in [6.45, 7) is 0.0379. The summed E-state index contributed by atoms with van der Waals surface area (Å²) in [4.78, 5) is 23.6. The number of ether oxygens (including phenoxy) is 1. The smallest absolute Gasteiger partial charge is 0.419 e. The number of imide groups is 1. The lowest BCUT2D eigenvalue weighted by Gasteiger charge is -2.29. The van der Waals surface area contributed by atoms with Crippen LogP contribution in [-0.4, -0.2) is 23.2 Å². The van der Waals surface area contributed by atoms with Crippen molar-refractivity contribution in [3.05, 3.63) is 35.9 Å². The minimum Gasteiger partial charge on any atom is -0.444 e. The molecule has 0 unspecified atom stereocenters. The van der Waals surface area contributed by atoms with Crippen LogP contribution in [0.25, 0.3) is 0 Å². The van der Waals surface area contributed by atoms with Gasteiger partial charge in [-0.15, -0.1) is 4.39 Å². The van der Waals surface area contributed by atoms with Crippen LogP contribution in [0.3, 0.4) is 0 Å². The summed E-state index contributed by atoms with van der Waals surface area (Å²) in [6.07, 6.45) is 1.54. The molecule has 1 saturated carbocycles. The quantitative estimate of drug-likeness (QED) is 0.619. The Labute approximate surface area is 117 Å². The van der Waals surface area contributed by atoms with E-state index in [9.17, 15) is 14.0 Å². The molecule has 20 heavy (non-hydrogen) atoms. The first kappa shape index (κ1) is 14.5. The number of hydrogen-bond donors (Lipinski definition) is 0. The molecule has 0 spiro atoms. The summed E-state index contributed by atoms with van der Waals surface area (Å²) < 4.78 is 18.1. The van der Waals surface area contributed by atoms with Crippen LogP contribution in [0.4, 0.5) is 14.0 Å². The number of halogens is 1. The van der Waals surface area contributed by atoms with Crippen molar-refractivity contribution >= 4 is 12.3 Å². The third-order valence-electron chi connectivity index (χ3n) is 3.53. The fraction of sp³-hybridized carbons (Fsp3) is 0.467. The van der Waals surface area contributed by atoms with Crippen LogP contribution in [0.2, 0.25) is 0 Å². The van der Waals surface area contributed by atoms with Crippen molar-refractivity contribution in [3.63, 3.8) is 0 Å². The Morgan fingerprint density at radius 3 is 2.40 bits per heavy atom. The van der Waals surface area contributed by atoms with E-state index in [1.165, 1.54) is 0 Å². The zero-order valence-corrected chi connectivity index (χ0v) is 11.3. The maximum absolute atomic E-state index is 13.1. The molecule has 1 fully saturated rings. The molecule has 2 amide bonds. The van der Waals surface area contributed by atoms with Gasteiger partial charge in [0.15, 0.2) is 0 Å². The molecule has 1 aromatic carbocycles. The molecule has 0 N–H and O–H groups in total. The van der Waals surface area contributed by atoms with Gasteiger partial charge in [0.1, 0.15) is 6.61 Å². The Bertz CT molecular complexity index is 457. The van der Waals surface area contributed by atoms with Gasteiger partial charge in [0.2, 0.25) is 0 Å². The number of hydrogen-bond acceptors (Lipinski definition) is 3. The molecule has 5 heteroatoms. The summed E-state index contributed by atoms with van der Waals surface area (Å²) >= 11 is 0. The molecular weight excluding hydrogens is 261 g/mol. The predicted molar refractivity (Wildman–Crippen MR) is 71.8 cm³/mol. The van der Waals surface area contributed by atoms with E-state index in [4.69, 9.17) is 4.74 Å². The summed E-state index contributed by atoms with van der Waals surface area (Å²) in [6, 6.07) is 8.73. The summed E-state index contributed by atoms with van der Waals surface area (Å²) in [7, 11) is 0. The van der Waals surface area contributed by atoms with Crippen LogP contribution >= 0.6 is 0 Å². The van der Waals surface area contributed by atoms with E-state index < -0.39 is 12.3 Å². The first-order valence-electron chi connectivity index (χ1n) is 6.88. The minimum absolute atomic E-state index is 0.0379. The molecular formula is C15H18FNO3. The molecule has 1 aliphatic rings. The van der Waals surface area contributed by atoms with E-state index in [2.05, 4.69) is 0 Å². The third kappa shape index (κ3) is 3.79. The standard InChI is InChI=1S/C15H18FNO3/c16-14(18)17(13-9-5-2-6-10-13)15(19)20-11-12-7-3-1-4-8-12/h1,3-4,7-8,13H,2,5-6,9-11H2. The molecule has 0 saturated heterocycles. The van der Waals surface area contributed by atoms with Crippen molar-refractivity contribution in [2.24, 2.45) is 0 Å². The zero-order chi connectivity index (χ0) is 14.4. The number of benzene rings is 1. The Kier molecular flexibility index (Phi) is 5.09. The second kappa shape index (κ2) is 7.03. The largest absolute Gasteiger partial charge is 0.444 e. The van der Waals surface area contributed by atoms with Crippen LogP contribution in [0, 0.1) is 0 Å². The van der Waals surface area contributed by atoms with Crippen molar-refractivity contribution in [1.82, 2.24) is 4.90 Å². The fourth-order valence-electron chi connectivity index (χ4n) is 2.49. The third-order valence-corrected chi connectivity index (χ3v) is 3.53. The van der Waals surface area contributed by atoms with Crippen LogP contribution in [0.15, 0.2) is 30.3 Å². The molecule has 0 bridgehead atoms. The van der Waals surface area contributed by atoms with Gasteiger partial charge < -0.3 is 4.74 Å². The highest BCUT2D eigenvalue weighted by Gasteiger charge is 2.32. The van der Waals surface area contributed by atoms with E-state index >= 15 is 0 Å². The monoisotopic (exact) mass is 279 g/mol. The minimum atomic E-state index is -1.73. The highest BCUT2D eigenvalue weighted by atomic mass is 19.1. The van der Waals surface area contributed by atoms with Gasteiger partial charge in [-0.2, -0.15) is 0 Å². The van der Waals surface area contributed by atoms with Crippen LogP contribution in [0.1, 0.15) is 37.7 Å². The summed E-state index contributed by atoms with van der Waals surface area (Å²) in [5, 5.41) is 0. The second-order valence-corrected chi connectivity index (χ2v) is 4.95. The lowest BCUT2D eigenvalue weighted by molar-refractivity contribution is 0.0777. The SMILES string of the molecule is O=C(F)N(C(=O)OCc1ccccc1)C1CCCCC1. The van der Waals surface area contributed by atoms with Gasteiger partial charge in [-0.3, -0.25) is 0 Å². The second-order valence-electron chi connectivity index (χ2n) is 4.95. The fourth-order valence-corrected chi connectivity index (χ4v) is 2.49. The molecule has 0 aliphatic heterocycles. The lowest BCUT2D eigenvalue weighted by Crippen LogP contribution is -2.43. The Balaban J connectivity index is 1.95. The molecule has 1 aromatic rings. The van der Waals surface area contributed by atoms with Crippen molar-refractivity contribution in [3.8, 4) is 0 Å². The van der Waals surface area contributed by atoms with Crippen LogP contribution in [-0.2, 0) is 11.3 Å². The zero-order valence-electron chi connectivity index (χ0n) is 11.3. The Morgan fingerprint density at radius 2 is 1.80 bits per heavy atom. The number of rotatable bonds is 3. The van der Waals surface area contributed by atoms with Crippen molar-refractivity contribution in [2.45, 2.75) is 44.8 Å². The van der Waals surface area contributed by atoms with Crippen molar-refractivity contribution < 1.29 is 18.7 Å². The molecule has 108 valence electrons. The Morgan fingerprint density at radius 1 is 1.15 bits per heavy atom. The Hall–Kier alpha value is -1.91. The van der Waals surface area contributed by atoms with E-state index in [-0.39, 0.29) is 12.6 Å². The number of carbonyl (C=O) groups is 2. The lowest BCUT2D eigenvalue weighted by atomic mass is 9.95. The van der Waals surface area contributed by atoms with E-state index in [0.29, 0.717) is 17.7 Å². The molecule has 2 rings (SSSR count). The molecule has 0 radical (unpaired) electrons. The number of amides is 2. The maximum Gasteiger partial charge on any atom is 0.419 e. The van der Waals surface area contributed by atoms with Gasteiger partial charge >= 0.3 is 12.3 Å². The van der Waals surface area contributed by atoms with E-state index in [0.717, 1.165) is 24.8 Å². The molecule has 1 aliphatic carbocycles. The normalized spacial score (nSPS) is 15.7. The van der Waals surface area contributed by atoms with Crippen molar-refractivity contribution in [2.75, 3.05) is 0 Å².